The number of benzene rings is 2. The summed E-state index contributed by atoms with van der Waals surface area (Å²) in [5.74, 6) is -0.237. The van der Waals surface area contributed by atoms with Crippen LogP contribution < -0.4 is 5.73 Å². The van der Waals surface area contributed by atoms with Gasteiger partial charge in [0.2, 0.25) is 0 Å². The van der Waals surface area contributed by atoms with Crippen LogP contribution in [0, 0.1) is 10.1 Å². The van der Waals surface area contributed by atoms with Gasteiger partial charge in [-0.05, 0) is 24.1 Å². The summed E-state index contributed by atoms with van der Waals surface area (Å²) in [7, 11) is 0. The predicted octanol–water partition coefficient (Wildman–Crippen LogP) is 3.23. The van der Waals surface area contributed by atoms with E-state index in [2.05, 4.69) is 0 Å². The number of carbonyl (C=O) groups is 1. The minimum absolute atomic E-state index is 0.0525. The molecule has 0 aliphatic rings. The highest BCUT2D eigenvalue weighted by Crippen LogP contribution is 2.23. The van der Waals surface area contributed by atoms with Crippen molar-refractivity contribution in [2.24, 2.45) is 0 Å². The fourth-order valence-corrected chi connectivity index (χ4v) is 2.34. The Balaban J connectivity index is 2.27. The minimum atomic E-state index is -0.576. The van der Waals surface area contributed by atoms with Crippen molar-refractivity contribution in [3.63, 3.8) is 0 Å². The number of hydrogen-bond donors (Lipinski definition) is 1. The van der Waals surface area contributed by atoms with Crippen LogP contribution in [-0.2, 0) is 6.54 Å². The number of hydrogen-bond acceptors (Lipinski definition) is 4. The summed E-state index contributed by atoms with van der Waals surface area (Å²) in [5, 5.41) is 11.0. The molecule has 0 atom stereocenters. The number of nitro groups is 1. The van der Waals surface area contributed by atoms with Gasteiger partial charge in [0.1, 0.15) is 5.69 Å². The third kappa shape index (κ3) is 4.06. The molecule has 0 radical (unpaired) electrons. The molecule has 2 N–H and O–H groups in total. The van der Waals surface area contributed by atoms with E-state index in [1.165, 1.54) is 18.2 Å². The van der Waals surface area contributed by atoms with Crippen molar-refractivity contribution in [1.82, 2.24) is 4.90 Å². The number of rotatable bonds is 6. The summed E-state index contributed by atoms with van der Waals surface area (Å²) in [6, 6.07) is 13.8. The maximum atomic E-state index is 12.7. The van der Waals surface area contributed by atoms with Crippen LogP contribution in [0.15, 0.2) is 48.5 Å². The monoisotopic (exact) mass is 313 g/mol. The third-order valence-electron chi connectivity index (χ3n) is 3.47. The number of nitrogen functional groups attached to an aromatic ring is 1. The topological polar surface area (TPSA) is 89.5 Å². The molecule has 6 nitrogen and oxygen atoms in total. The van der Waals surface area contributed by atoms with E-state index in [0.717, 1.165) is 12.0 Å². The first-order valence-corrected chi connectivity index (χ1v) is 7.40. The van der Waals surface area contributed by atoms with Gasteiger partial charge in [0, 0.05) is 24.7 Å². The van der Waals surface area contributed by atoms with Crippen LogP contribution in [0.2, 0.25) is 0 Å². The van der Waals surface area contributed by atoms with Gasteiger partial charge in [-0.25, -0.2) is 0 Å². The number of carbonyl (C=O) groups excluding carboxylic acids is 1. The molecule has 0 aliphatic carbocycles. The lowest BCUT2D eigenvalue weighted by Crippen LogP contribution is -2.31. The van der Waals surface area contributed by atoms with Crippen molar-refractivity contribution in [1.29, 1.82) is 0 Å². The number of nitrogens with two attached hydrogens (primary N) is 1. The molecule has 2 aromatic rings. The fraction of sp³-hybridized carbons (Fsp3) is 0.235. The summed E-state index contributed by atoms with van der Waals surface area (Å²) < 4.78 is 0. The molecular formula is C17H19N3O3. The quantitative estimate of drug-likeness (QED) is 0.503. The van der Waals surface area contributed by atoms with Crippen molar-refractivity contribution in [3.8, 4) is 0 Å². The van der Waals surface area contributed by atoms with Gasteiger partial charge >= 0.3 is 0 Å². The molecule has 0 heterocycles. The van der Waals surface area contributed by atoms with Crippen molar-refractivity contribution in [2.75, 3.05) is 12.3 Å². The van der Waals surface area contributed by atoms with Crippen LogP contribution in [0.1, 0.15) is 29.3 Å². The van der Waals surface area contributed by atoms with Gasteiger partial charge in [-0.15, -0.1) is 0 Å². The second kappa shape index (κ2) is 7.40. The molecule has 1 amide bonds. The van der Waals surface area contributed by atoms with Crippen molar-refractivity contribution >= 4 is 17.3 Å². The Morgan fingerprint density at radius 3 is 2.52 bits per heavy atom. The standard InChI is InChI=1S/C17H19N3O3/c1-2-10-19(12-13-6-4-3-5-7-13)17(21)14-8-9-15(18)16(11-14)20(22)23/h3-9,11H,2,10,12,18H2,1H3. The Morgan fingerprint density at radius 1 is 1.22 bits per heavy atom. The van der Waals surface area contributed by atoms with Gasteiger partial charge in [0.15, 0.2) is 0 Å². The first-order valence-electron chi connectivity index (χ1n) is 7.40. The zero-order valence-electron chi connectivity index (χ0n) is 12.9. The van der Waals surface area contributed by atoms with Gasteiger partial charge in [0.05, 0.1) is 4.92 Å². The summed E-state index contributed by atoms with van der Waals surface area (Å²) >= 11 is 0. The number of nitro benzene ring substituents is 1. The predicted molar refractivity (Wildman–Crippen MR) is 89.0 cm³/mol. The zero-order chi connectivity index (χ0) is 16.8. The van der Waals surface area contributed by atoms with Crippen LogP contribution in [0.25, 0.3) is 0 Å². The molecule has 2 rings (SSSR count). The van der Waals surface area contributed by atoms with E-state index in [-0.39, 0.29) is 22.8 Å². The molecule has 6 heteroatoms. The Hall–Kier alpha value is -2.89. The van der Waals surface area contributed by atoms with E-state index in [0.29, 0.717) is 13.1 Å². The summed E-state index contributed by atoms with van der Waals surface area (Å²) in [6.07, 6.45) is 0.801. The number of nitrogens with zero attached hydrogens (tertiary/aromatic N) is 2. The molecule has 2 aromatic carbocycles. The highest BCUT2D eigenvalue weighted by Gasteiger charge is 2.20. The van der Waals surface area contributed by atoms with Crippen molar-refractivity contribution in [3.05, 3.63) is 69.8 Å². The lowest BCUT2D eigenvalue weighted by Gasteiger charge is -2.22. The Morgan fingerprint density at radius 2 is 1.91 bits per heavy atom. The normalized spacial score (nSPS) is 10.3. The van der Waals surface area contributed by atoms with Gasteiger partial charge in [-0.3, -0.25) is 14.9 Å². The van der Waals surface area contributed by atoms with Gasteiger partial charge in [0.25, 0.3) is 11.6 Å². The first-order chi connectivity index (χ1) is 11.0. The molecule has 0 saturated heterocycles. The Kier molecular flexibility index (Phi) is 5.30. The molecule has 0 unspecified atom stereocenters. The van der Waals surface area contributed by atoms with Gasteiger partial charge in [-0.2, -0.15) is 0 Å². The molecule has 0 saturated carbocycles. The van der Waals surface area contributed by atoms with E-state index >= 15 is 0 Å². The summed E-state index contributed by atoms with van der Waals surface area (Å²) in [5.41, 5.74) is 6.68. The largest absolute Gasteiger partial charge is 0.393 e. The second-order valence-electron chi connectivity index (χ2n) is 5.24. The molecule has 0 aromatic heterocycles. The molecule has 120 valence electrons. The van der Waals surface area contributed by atoms with E-state index < -0.39 is 4.92 Å². The zero-order valence-corrected chi connectivity index (χ0v) is 12.9. The van der Waals surface area contributed by atoms with E-state index in [4.69, 9.17) is 5.73 Å². The molecule has 0 spiro atoms. The van der Waals surface area contributed by atoms with E-state index in [9.17, 15) is 14.9 Å². The van der Waals surface area contributed by atoms with Crippen molar-refractivity contribution in [2.45, 2.75) is 19.9 Å². The highest BCUT2D eigenvalue weighted by molar-refractivity contribution is 5.95. The molecule has 0 fully saturated rings. The minimum Gasteiger partial charge on any atom is -0.393 e. The van der Waals surface area contributed by atoms with Crippen LogP contribution in [-0.4, -0.2) is 22.3 Å². The third-order valence-corrected chi connectivity index (χ3v) is 3.47. The lowest BCUT2D eigenvalue weighted by atomic mass is 10.1. The number of anilines is 1. The second-order valence-corrected chi connectivity index (χ2v) is 5.24. The maximum absolute atomic E-state index is 12.7. The molecular weight excluding hydrogens is 294 g/mol. The highest BCUT2D eigenvalue weighted by atomic mass is 16.6. The van der Waals surface area contributed by atoms with Crippen LogP contribution in [0.3, 0.4) is 0 Å². The molecule has 23 heavy (non-hydrogen) atoms. The van der Waals surface area contributed by atoms with E-state index in [1.807, 2.05) is 37.3 Å². The van der Waals surface area contributed by atoms with E-state index in [1.54, 1.807) is 4.90 Å². The number of amides is 1. The Bertz CT molecular complexity index is 701. The lowest BCUT2D eigenvalue weighted by molar-refractivity contribution is -0.383. The SMILES string of the molecule is CCCN(Cc1ccccc1)C(=O)c1ccc(N)c([N+](=O)[O-])c1. The fourth-order valence-electron chi connectivity index (χ4n) is 2.34. The van der Waals surface area contributed by atoms with Gasteiger partial charge < -0.3 is 10.6 Å². The van der Waals surface area contributed by atoms with Crippen LogP contribution in [0.5, 0.6) is 0 Å². The van der Waals surface area contributed by atoms with Crippen LogP contribution >= 0.6 is 0 Å². The summed E-state index contributed by atoms with van der Waals surface area (Å²) in [6.45, 7) is 3.02. The van der Waals surface area contributed by atoms with Crippen LogP contribution in [0.4, 0.5) is 11.4 Å². The average Bonchev–Trinajstić information content (AvgIpc) is 2.55. The smallest absolute Gasteiger partial charge is 0.292 e. The average molecular weight is 313 g/mol. The van der Waals surface area contributed by atoms with Crippen molar-refractivity contribution < 1.29 is 9.72 Å². The summed E-state index contributed by atoms with van der Waals surface area (Å²) in [4.78, 5) is 24.8. The molecule has 0 aliphatic heterocycles. The first kappa shape index (κ1) is 16.5. The Labute approximate surface area is 134 Å². The molecule has 0 bridgehead atoms. The van der Waals surface area contributed by atoms with Gasteiger partial charge in [-0.1, -0.05) is 37.3 Å². The maximum Gasteiger partial charge on any atom is 0.292 e.